The van der Waals surface area contributed by atoms with Crippen LogP contribution < -0.4 is 5.01 Å². The lowest BCUT2D eigenvalue weighted by molar-refractivity contribution is 0.701. The zero-order chi connectivity index (χ0) is 15.8. The molecule has 0 saturated heterocycles. The van der Waals surface area contributed by atoms with Crippen molar-refractivity contribution in [3.63, 3.8) is 0 Å². The number of hydrazone groups is 1. The van der Waals surface area contributed by atoms with Crippen molar-refractivity contribution in [3.8, 4) is 0 Å². The maximum atomic E-state index is 4.92. The summed E-state index contributed by atoms with van der Waals surface area (Å²) >= 11 is 3.41. The highest BCUT2D eigenvalue weighted by molar-refractivity contribution is 7.13. The predicted molar refractivity (Wildman–Crippen MR) is 98.7 cm³/mol. The lowest BCUT2D eigenvalue weighted by Crippen LogP contribution is -2.19. The first-order valence-electron chi connectivity index (χ1n) is 7.60. The Balaban J connectivity index is 1.77. The summed E-state index contributed by atoms with van der Waals surface area (Å²) in [6.45, 7) is 4.20. The van der Waals surface area contributed by atoms with Crippen LogP contribution in [0.1, 0.15) is 34.2 Å². The summed E-state index contributed by atoms with van der Waals surface area (Å²) in [6, 6.07) is 13.0. The summed E-state index contributed by atoms with van der Waals surface area (Å²) in [5.74, 6) is 0. The van der Waals surface area contributed by atoms with E-state index in [1.54, 1.807) is 22.7 Å². The van der Waals surface area contributed by atoms with Gasteiger partial charge < -0.3 is 0 Å². The van der Waals surface area contributed by atoms with Gasteiger partial charge in [0, 0.05) is 11.8 Å². The second kappa shape index (κ2) is 5.91. The number of rotatable bonds is 3. The maximum Gasteiger partial charge on any atom is 0.206 e. The molecule has 0 N–H and O–H groups in total. The number of hydrogen-bond acceptors (Lipinski definition) is 5. The van der Waals surface area contributed by atoms with E-state index in [0.29, 0.717) is 0 Å². The largest absolute Gasteiger partial charge is 0.231 e. The van der Waals surface area contributed by atoms with Crippen LogP contribution in [0.2, 0.25) is 0 Å². The molecule has 3 heterocycles. The van der Waals surface area contributed by atoms with E-state index < -0.39 is 0 Å². The van der Waals surface area contributed by atoms with Crippen LogP contribution in [0.15, 0.2) is 52.3 Å². The molecule has 4 rings (SSSR count). The van der Waals surface area contributed by atoms with Gasteiger partial charge in [-0.25, -0.2) is 9.99 Å². The maximum absolute atomic E-state index is 4.92. The van der Waals surface area contributed by atoms with Crippen molar-refractivity contribution < 1.29 is 0 Å². The van der Waals surface area contributed by atoms with Crippen molar-refractivity contribution in [1.29, 1.82) is 0 Å². The highest BCUT2D eigenvalue weighted by Crippen LogP contribution is 2.39. The van der Waals surface area contributed by atoms with Crippen molar-refractivity contribution in [2.45, 2.75) is 26.3 Å². The molecule has 1 aromatic carbocycles. The minimum atomic E-state index is 0.221. The van der Waals surface area contributed by atoms with E-state index in [1.807, 2.05) is 6.92 Å². The van der Waals surface area contributed by atoms with Gasteiger partial charge in [0.1, 0.15) is 0 Å². The Labute approximate surface area is 143 Å². The number of hydrogen-bond donors (Lipinski definition) is 0. The molecule has 3 aromatic rings. The van der Waals surface area contributed by atoms with Gasteiger partial charge in [0.15, 0.2) is 0 Å². The van der Waals surface area contributed by atoms with Crippen LogP contribution in [-0.2, 0) is 0 Å². The SMILES string of the molecule is Cc1csc(N2N=C(c3cccs3)C[C@H]2c2ccccc2C)n1. The van der Waals surface area contributed by atoms with Crippen molar-refractivity contribution >= 4 is 33.5 Å². The molecule has 0 fully saturated rings. The van der Waals surface area contributed by atoms with E-state index in [4.69, 9.17) is 5.10 Å². The Hall–Kier alpha value is -1.98. The molecule has 1 aliphatic heterocycles. The van der Waals surface area contributed by atoms with E-state index in [0.717, 1.165) is 23.0 Å². The van der Waals surface area contributed by atoms with Crippen molar-refractivity contribution in [2.24, 2.45) is 5.10 Å². The van der Waals surface area contributed by atoms with E-state index in [9.17, 15) is 0 Å². The van der Waals surface area contributed by atoms with Crippen LogP contribution in [0.4, 0.5) is 5.13 Å². The van der Waals surface area contributed by atoms with Gasteiger partial charge in [-0.15, -0.1) is 22.7 Å². The Morgan fingerprint density at radius 1 is 1.09 bits per heavy atom. The third-order valence-corrected chi connectivity index (χ3v) is 5.93. The van der Waals surface area contributed by atoms with Gasteiger partial charge in [-0.2, -0.15) is 5.10 Å². The minimum Gasteiger partial charge on any atom is -0.231 e. The van der Waals surface area contributed by atoms with Crippen LogP contribution >= 0.6 is 22.7 Å². The van der Waals surface area contributed by atoms with Crippen molar-refractivity contribution in [1.82, 2.24) is 4.98 Å². The number of nitrogens with zero attached hydrogens (tertiary/aromatic N) is 3. The van der Waals surface area contributed by atoms with Gasteiger partial charge in [-0.1, -0.05) is 30.3 Å². The first kappa shape index (κ1) is 14.6. The fraction of sp³-hybridized carbons (Fsp3) is 0.222. The molecule has 1 aliphatic rings. The normalized spacial score (nSPS) is 17.6. The molecule has 0 radical (unpaired) electrons. The highest BCUT2D eigenvalue weighted by atomic mass is 32.1. The molecule has 5 heteroatoms. The minimum absolute atomic E-state index is 0.221. The molecule has 0 aliphatic carbocycles. The molecule has 1 atom stereocenters. The first-order chi connectivity index (χ1) is 11.2. The Morgan fingerprint density at radius 2 is 1.96 bits per heavy atom. The number of aryl methyl sites for hydroxylation is 2. The summed E-state index contributed by atoms with van der Waals surface area (Å²) in [5, 5.41) is 12.2. The molecular formula is C18H17N3S2. The molecule has 3 nitrogen and oxygen atoms in total. The average Bonchev–Trinajstić information content (AvgIpc) is 3.27. The van der Waals surface area contributed by atoms with Crippen LogP contribution in [0.5, 0.6) is 0 Å². The second-order valence-corrected chi connectivity index (χ2v) is 7.50. The van der Waals surface area contributed by atoms with Crippen LogP contribution in [0.3, 0.4) is 0 Å². The van der Waals surface area contributed by atoms with Gasteiger partial charge in [0.2, 0.25) is 5.13 Å². The molecule has 0 spiro atoms. The monoisotopic (exact) mass is 339 g/mol. The Morgan fingerprint density at radius 3 is 2.65 bits per heavy atom. The molecule has 0 unspecified atom stereocenters. The molecule has 0 saturated carbocycles. The molecule has 23 heavy (non-hydrogen) atoms. The van der Waals surface area contributed by atoms with E-state index >= 15 is 0 Å². The van der Waals surface area contributed by atoms with Gasteiger partial charge in [0.25, 0.3) is 0 Å². The quantitative estimate of drug-likeness (QED) is 0.658. The topological polar surface area (TPSA) is 28.5 Å². The number of thiazole rings is 1. The fourth-order valence-corrected chi connectivity index (χ4v) is 4.45. The van der Waals surface area contributed by atoms with Crippen molar-refractivity contribution in [3.05, 3.63) is 68.9 Å². The van der Waals surface area contributed by atoms with Gasteiger partial charge in [0.05, 0.1) is 22.3 Å². The number of aromatic nitrogens is 1. The smallest absolute Gasteiger partial charge is 0.206 e. The highest BCUT2D eigenvalue weighted by Gasteiger charge is 2.32. The number of thiophene rings is 1. The van der Waals surface area contributed by atoms with E-state index in [-0.39, 0.29) is 6.04 Å². The second-order valence-electron chi connectivity index (χ2n) is 5.72. The van der Waals surface area contributed by atoms with Crippen LogP contribution in [-0.4, -0.2) is 10.7 Å². The van der Waals surface area contributed by atoms with Crippen molar-refractivity contribution in [2.75, 3.05) is 5.01 Å². The average molecular weight is 339 g/mol. The molecule has 2 aromatic heterocycles. The fourth-order valence-electron chi connectivity index (χ4n) is 2.93. The predicted octanol–water partition coefficient (Wildman–Crippen LogP) is 5.18. The summed E-state index contributed by atoms with van der Waals surface area (Å²) in [4.78, 5) is 5.90. The Kier molecular flexibility index (Phi) is 3.75. The standard InChI is InChI=1S/C18H17N3S2/c1-12-6-3-4-7-14(12)16-10-15(17-8-5-9-22-17)20-21(16)18-19-13(2)11-23-18/h3-9,11,16H,10H2,1-2H3/t16-/m0/s1. The van der Waals surface area contributed by atoms with Crippen LogP contribution in [0.25, 0.3) is 0 Å². The molecule has 0 bridgehead atoms. The third kappa shape index (κ3) is 2.71. The third-order valence-electron chi connectivity index (χ3n) is 4.07. The summed E-state index contributed by atoms with van der Waals surface area (Å²) < 4.78 is 0. The zero-order valence-electron chi connectivity index (χ0n) is 13.1. The van der Waals surface area contributed by atoms with Gasteiger partial charge >= 0.3 is 0 Å². The number of anilines is 1. The van der Waals surface area contributed by atoms with E-state index in [2.05, 4.69) is 64.1 Å². The Bertz CT molecular complexity index is 849. The summed E-state index contributed by atoms with van der Waals surface area (Å²) in [5.41, 5.74) is 4.84. The number of benzene rings is 1. The first-order valence-corrected chi connectivity index (χ1v) is 9.36. The molecule has 0 amide bonds. The molecular weight excluding hydrogens is 322 g/mol. The molecule has 116 valence electrons. The van der Waals surface area contributed by atoms with Crippen LogP contribution in [0, 0.1) is 13.8 Å². The summed E-state index contributed by atoms with van der Waals surface area (Å²) in [7, 11) is 0. The summed E-state index contributed by atoms with van der Waals surface area (Å²) in [6.07, 6.45) is 0.921. The lowest BCUT2D eigenvalue weighted by Gasteiger charge is -2.22. The van der Waals surface area contributed by atoms with Gasteiger partial charge in [-0.3, -0.25) is 0 Å². The van der Waals surface area contributed by atoms with E-state index in [1.165, 1.54) is 16.0 Å². The zero-order valence-corrected chi connectivity index (χ0v) is 14.7. The lowest BCUT2D eigenvalue weighted by atomic mass is 9.97. The van der Waals surface area contributed by atoms with Gasteiger partial charge in [-0.05, 0) is 36.4 Å².